The number of hydrogen-bond acceptors (Lipinski definition) is 2. The molecule has 1 saturated heterocycles. The van der Waals surface area contributed by atoms with Crippen molar-refractivity contribution in [2.75, 3.05) is 13.1 Å². The van der Waals surface area contributed by atoms with Crippen molar-refractivity contribution in [1.29, 1.82) is 0 Å². The quantitative estimate of drug-likeness (QED) is 0.516. The molecule has 0 radical (unpaired) electrons. The van der Waals surface area contributed by atoms with E-state index in [2.05, 4.69) is 5.10 Å². The molecule has 5 rings (SSSR count). The highest BCUT2D eigenvalue weighted by molar-refractivity contribution is 5.92. The minimum atomic E-state index is -0.261. The molecule has 0 atom stereocenters. The molecule has 6 heteroatoms. The lowest BCUT2D eigenvalue weighted by molar-refractivity contribution is 0.0718. The van der Waals surface area contributed by atoms with Gasteiger partial charge in [0, 0.05) is 31.0 Å². The van der Waals surface area contributed by atoms with Crippen LogP contribution in [-0.2, 0) is 0 Å². The monoisotopic (exact) mass is 388 g/mol. The highest BCUT2D eigenvalue weighted by Gasteiger charge is 2.20. The van der Waals surface area contributed by atoms with Gasteiger partial charge in [-0.25, -0.2) is 9.07 Å². The van der Waals surface area contributed by atoms with Crippen LogP contribution in [0.25, 0.3) is 22.5 Å². The number of piperidine rings is 1. The molecule has 29 heavy (non-hydrogen) atoms. The Bertz CT molecular complexity index is 1190. The van der Waals surface area contributed by atoms with Crippen LogP contribution in [-0.4, -0.2) is 38.1 Å². The first kappa shape index (κ1) is 17.7. The molecular weight excluding hydrogens is 367 g/mol. The number of fused-ring (bicyclic) bond motifs is 1. The van der Waals surface area contributed by atoms with E-state index in [9.17, 15) is 9.18 Å². The smallest absolute Gasteiger partial charge is 0.274 e. The zero-order chi connectivity index (χ0) is 19.8. The number of carbonyl (C=O) groups excluding carboxylic acids is 1. The summed E-state index contributed by atoms with van der Waals surface area (Å²) in [5.74, 6) is 0.559. The number of hydrogen-bond donors (Lipinski definition) is 0. The maximum atomic E-state index is 13.6. The first-order valence-electron chi connectivity index (χ1n) is 9.91. The molecule has 4 aromatic rings. The molecule has 1 amide bonds. The lowest BCUT2D eigenvalue weighted by Crippen LogP contribution is -2.35. The number of benzene rings is 1. The highest BCUT2D eigenvalue weighted by Crippen LogP contribution is 2.24. The van der Waals surface area contributed by atoms with Gasteiger partial charge >= 0.3 is 0 Å². The fourth-order valence-corrected chi connectivity index (χ4v) is 3.94. The minimum Gasteiger partial charge on any atom is -0.337 e. The predicted octanol–water partition coefficient (Wildman–Crippen LogP) is 4.56. The zero-order valence-corrected chi connectivity index (χ0v) is 16.0. The number of rotatable bonds is 3. The fraction of sp³-hybridized carbons (Fsp3) is 0.217. The summed E-state index contributed by atoms with van der Waals surface area (Å²) < 4.78 is 17.4. The third-order valence-electron chi connectivity index (χ3n) is 5.47. The van der Waals surface area contributed by atoms with E-state index in [1.807, 2.05) is 52.0 Å². The van der Waals surface area contributed by atoms with Gasteiger partial charge in [-0.2, -0.15) is 5.10 Å². The van der Waals surface area contributed by atoms with Gasteiger partial charge in [-0.15, -0.1) is 0 Å². The Morgan fingerprint density at radius 1 is 0.931 bits per heavy atom. The summed E-state index contributed by atoms with van der Waals surface area (Å²) in [7, 11) is 0. The van der Waals surface area contributed by atoms with Gasteiger partial charge in [0.25, 0.3) is 5.91 Å². The van der Waals surface area contributed by atoms with Gasteiger partial charge in [0.05, 0.1) is 0 Å². The molecule has 0 N–H and O–H groups in total. The number of aromatic nitrogens is 3. The van der Waals surface area contributed by atoms with E-state index in [4.69, 9.17) is 0 Å². The molecule has 1 aliphatic heterocycles. The Hall–Kier alpha value is -3.41. The minimum absolute atomic E-state index is 0.00948. The normalized spacial score (nSPS) is 14.4. The van der Waals surface area contributed by atoms with Crippen LogP contribution < -0.4 is 0 Å². The summed E-state index contributed by atoms with van der Waals surface area (Å²) in [6, 6.07) is 16.3. The van der Waals surface area contributed by atoms with Crippen LogP contribution in [0.1, 0.15) is 29.8 Å². The Morgan fingerprint density at radius 3 is 2.59 bits per heavy atom. The van der Waals surface area contributed by atoms with Crippen molar-refractivity contribution in [3.63, 3.8) is 0 Å². The van der Waals surface area contributed by atoms with Crippen LogP contribution in [0.5, 0.6) is 0 Å². The number of likely N-dealkylation sites (tertiary alicyclic amines) is 1. The van der Waals surface area contributed by atoms with Crippen LogP contribution in [0.15, 0.2) is 67.0 Å². The van der Waals surface area contributed by atoms with Crippen molar-refractivity contribution in [2.45, 2.75) is 19.3 Å². The number of nitrogens with zero attached hydrogens (tertiary/aromatic N) is 4. The van der Waals surface area contributed by atoms with Gasteiger partial charge in [0.15, 0.2) is 5.69 Å². The maximum Gasteiger partial charge on any atom is 0.274 e. The second-order valence-corrected chi connectivity index (χ2v) is 7.41. The Kier molecular flexibility index (Phi) is 4.39. The third-order valence-corrected chi connectivity index (χ3v) is 5.47. The van der Waals surface area contributed by atoms with Crippen molar-refractivity contribution in [3.05, 3.63) is 78.5 Å². The molecule has 5 nitrogen and oxygen atoms in total. The molecule has 0 aliphatic carbocycles. The van der Waals surface area contributed by atoms with Crippen LogP contribution in [0.2, 0.25) is 0 Å². The number of amides is 1. The lowest BCUT2D eigenvalue weighted by Gasteiger charge is -2.25. The Balaban J connectivity index is 1.50. The fourth-order valence-electron chi connectivity index (χ4n) is 3.94. The molecule has 3 aromatic heterocycles. The van der Waals surface area contributed by atoms with Gasteiger partial charge in [-0.1, -0.05) is 18.2 Å². The SMILES string of the molecule is O=C(c1ccn(-c2ccc3ccc(-c4cccc(F)c4)cn23)n1)N1CCCCC1. The van der Waals surface area contributed by atoms with Gasteiger partial charge in [-0.05, 0) is 66.8 Å². The van der Waals surface area contributed by atoms with Gasteiger partial charge < -0.3 is 9.30 Å². The number of pyridine rings is 1. The maximum absolute atomic E-state index is 13.6. The van der Waals surface area contributed by atoms with E-state index >= 15 is 0 Å². The predicted molar refractivity (Wildman–Crippen MR) is 110 cm³/mol. The summed E-state index contributed by atoms with van der Waals surface area (Å²) in [4.78, 5) is 14.6. The van der Waals surface area contributed by atoms with E-state index < -0.39 is 0 Å². The summed E-state index contributed by atoms with van der Waals surface area (Å²) in [6.45, 7) is 1.60. The molecular formula is C23H21FN4O. The Labute approximate surface area is 168 Å². The van der Waals surface area contributed by atoms with Gasteiger partial charge in [-0.3, -0.25) is 4.79 Å². The van der Waals surface area contributed by atoms with E-state index in [0.29, 0.717) is 5.69 Å². The van der Waals surface area contributed by atoms with E-state index in [0.717, 1.165) is 48.4 Å². The number of halogens is 1. The molecule has 1 fully saturated rings. The molecule has 0 unspecified atom stereocenters. The second-order valence-electron chi connectivity index (χ2n) is 7.41. The zero-order valence-electron chi connectivity index (χ0n) is 16.0. The molecule has 1 aliphatic rings. The van der Waals surface area contributed by atoms with E-state index in [1.54, 1.807) is 16.8 Å². The average Bonchev–Trinajstić information content (AvgIpc) is 3.40. The van der Waals surface area contributed by atoms with Gasteiger partial charge in [0.1, 0.15) is 11.6 Å². The van der Waals surface area contributed by atoms with Crippen molar-refractivity contribution in [3.8, 4) is 16.9 Å². The van der Waals surface area contributed by atoms with Crippen LogP contribution >= 0.6 is 0 Å². The largest absolute Gasteiger partial charge is 0.337 e. The van der Waals surface area contributed by atoms with Crippen LogP contribution in [0.4, 0.5) is 4.39 Å². The molecule has 146 valence electrons. The summed E-state index contributed by atoms with van der Waals surface area (Å²) in [6.07, 6.45) is 7.07. The highest BCUT2D eigenvalue weighted by atomic mass is 19.1. The Morgan fingerprint density at radius 2 is 1.76 bits per heavy atom. The van der Waals surface area contributed by atoms with Crippen molar-refractivity contribution < 1.29 is 9.18 Å². The van der Waals surface area contributed by atoms with Crippen molar-refractivity contribution >= 4 is 11.4 Å². The van der Waals surface area contributed by atoms with Crippen molar-refractivity contribution in [2.24, 2.45) is 0 Å². The molecule has 4 heterocycles. The summed E-state index contributed by atoms with van der Waals surface area (Å²) in [5.41, 5.74) is 3.18. The molecule has 0 saturated carbocycles. The first-order valence-corrected chi connectivity index (χ1v) is 9.91. The standard InChI is InChI=1S/C23H21FN4O/c24-19-6-4-5-17(15-19)18-7-8-20-9-10-22(27(20)16-18)28-14-11-21(25-28)23(29)26-12-2-1-3-13-26/h4-11,14-16H,1-3,12-13H2. The molecule has 0 bridgehead atoms. The lowest BCUT2D eigenvalue weighted by atomic mass is 10.1. The van der Waals surface area contributed by atoms with E-state index in [1.165, 1.54) is 18.6 Å². The van der Waals surface area contributed by atoms with Crippen LogP contribution in [0.3, 0.4) is 0 Å². The molecule has 1 aromatic carbocycles. The summed E-state index contributed by atoms with van der Waals surface area (Å²) in [5, 5.41) is 4.54. The second kappa shape index (κ2) is 7.20. The van der Waals surface area contributed by atoms with Crippen LogP contribution in [0, 0.1) is 5.82 Å². The van der Waals surface area contributed by atoms with Crippen molar-refractivity contribution in [1.82, 2.24) is 19.1 Å². The van der Waals surface area contributed by atoms with Gasteiger partial charge in [0.2, 0.25) is 0 Å². The summed E-state index contributed by atoms with van der Waals surface area (Å²) >= 11 is 0. The molecule has 0 spiro atoms. The first-order chi connectivity index (χ1) is 14.2. The number of carbonyl (C=O) groups is 1. The average molecular weight is 388 g/mol. The van der Waals surface area contributed by atoms with E-state index in [-0.39, 0.29) is 11.7 Å². The topological polar surface area (TPSA) is 42.5 Å². The third kappa shape index (κ3) is 3.31.